The van der Waals surface area contributed by atoms with E-state index in [4.69, 9.17) is 5.73 Å². The Balaban J connectivity index is 2.89. The van der Waals surface area contributed by atoms with Crippen molar-refractivity contribution in [1.82, 2.24) is 10.0 Å². The van der Waals surface area contributed by atoms with Crippen LogP contribution in [-0.4, -0.2) is 34.0 Å². The lowest BCUT2D eigenvalue weighted by Crippen LogP contribution is -2.33. The summed E-state index contributed by atoms with van der Waals surface area (Å²) in [4.78, 5) is 10.9. The summed E-state index contributed by atoms with van der Waals surface area (Å²) in [6.45, 7) is 3.66. The van der Waals surface area contributed by atoms with Gasteiger partial charge in [-0.2, -0.15) is 0 Å². The van der Waals surface area contributed by atoms with Gasteiger partial charge in [-0.15, -0.1) is 0 Å². The molecule has 0 bridgehead atoms. The van der Waals surface area contributed by atoms with Crippen LogP contribution in [0.4, 0.5) is 0 Å². The van der Waals surface area contributed by atoms with Gasteiger partial charge < -0.3 is 11.1 Å². The van der Waals surface area contributed by atoms with Crippen LogP contribution in [0.15, 0.2) is 23.1 Å². The second-order valence-electron chi connectivity index (χ2n) is 4.37. The van der Waals surface area contributed by atoms with Crippen molar-refractivity contribution in [2.75, 3.05) is 19.6 Å². The van der Waals surface area contributed by atoms with E-state index in [2.05, 4.69) is 21.9 Å². The summed E-state index contributed by atoms with van der Waals surface area (Å²) in [7, 11) is -3.64. The maximum Gasteiger partial charge on any atom is 0.240 e. The molecule has 0 radical (unpaired) electrons. The highest BCUT2D eigenvalue weighted by atomic mass is 32.2. The molecular weight excluding hydrogens is 290 g/mol. The number of hydrogen-bond acceptors (Lipinski definition) is 4. The quantitative estimate of drug-likeness (QED) is 0.514. The molecule has 1 aromatic rings. The fourth-order valence-electron chi connectivity index (χ4n) is 1.62. The Morgan fingerprint density at radius 3 is 2.67 bits per heavy atom. The third-order valence-electron chi connectivity index (χ3n) is 2.60. The van der Waals surface area contributed by atoms with Gasteiger partial charge in [-0.3, -0.25) is 4.79 Å². The minimum absolute atomic E-state index is 0.125. The molecule has 1 aromatic carbocycles. The molecule has 7 heteroatoms. The first-order chi connectivity index (χ1) is 9.86. The average Bonchev–Trinajstić information content (AvgIpc) is 2.42. The van der Waals surface area contributed by atoms with Crippen molar-refractivity contribution in [2.45, 2.75) is 18.7 Å². The van der Waals surface area contributed by atoms with Crippen molar-refractivity contribution >= 4 is 15.9 Å². The topological polar surface area (TPSA) is 101 Å². The van der Waals surface area contributed by atoms with E-state index >= 15 is 0 Å². The van der Waals surface area contributed by atoms with Crippen molar-refractivity contribution in [3.8, 4) is 11.8 Å². The molecule has 0 fully saturated rings. The molecule has 4 N–H and O–H groups in total. The fraction of sp³-hybridized carbons (Fsp3) is 0.357. The number of benzene rings is 1. The zero-order valence-corrected chi connectivity index (χ0v) is 12.9. The van der Waals surface area contributed by atoms with E-state index in [9.17, 15) is 13.2 Å². The molecule has 0 atom stereocenters. The molecule has 0 saturated heterocycles. The van der Waals surface area contributed by atoms with Crippen LogP contribution in [0, 0.1) is 18.8 Å². The monoisotopic (exact) mass is 309 g/mol. The summed E-state index contributed by atoms with van der Waals surface area (Å²) < 4.78 is 26.9. The van der Waals surface area contributed by atoms with E-state index in [1.807, 2.05) is 0 Å². The van der Waals surface area contributed by atoms with Gasteiger partial charge >= 0.3 is 0 Å². The van der Waals surface area contributed by atoms with Crippen LogP contribution in [0.2, 0.25) is 0 Å². The number of nitrogens with two attached hydrogens (primary N) is 1. The predicted molar refractivity (Wildman–Crippen MR) is 81.0 cm³/mol. The summed E-state index contributed by atoms with van der Waals surface area (Å²) in [5.41, 5.74) is 6.51. The molecule has 21 heavy (non-hydrogen) atoms. The third-order valence-corrected chi connectivity index (χ3v) is 4.21. The third kappa shape index (κ3) is 5.55. The molecular formula is C14H19N3O3S. The summed E-state index contributed by atoms with van der Waals surface area (Å²) in [5.74, 6) is 5.28. The summed E-state index contributed by atoms with van der Waals surface area (Å²) >= 11 is 0. The normalized spacial score (nSPS) is 10.6. The van der Waals surface area contributed by atoms with Crippen LogP contribution in [0.25, 0.3) is 0 Å². The maximum atomic E-state index is 12.2. The van der Waals surface area contributed by atoms with E-state index in [0.717, 1.165) is 0 Å². The zero-order chi connectivity index (χ0) is 15.9. The van der Waals surface area contributed by atoms with Gasteiger partial charge in [-0.25, -0.2) is 13.1 Å². The van der Waals surface area contributed by atoms with E-state index in [-0.39, 0.29) is 30.4 Å². The largest absolute Gasteiger partial charge is 0.355 e. The Kier molecular flexibility index (Phi) is 6.37. The number of carbonyl (C=O) groups is 1. The maximum absolute atomic E-state index is 12.2. The molecule has 0 heterocycles. The van der Waals surface area contributed by atoms with Crippen LogP contribution in [0.5, 0.6) is 0 Å². The van der Waals surface area contributed by atoms with Gasteiger partial charge in [0.15, 0.2) is 0 Å². The smallest absolute Gasteiger partial charge is 0.240 e. The molecule has 0 spiro atoms. The fourth-order valence-corrected chi connectivity index (χ4v) is 2.92. The Morgan fingerprint density at radius 2 is 2.05 bits per heavy atom. The van der Waals surface area contributed by atoms with Crippen LogP contribution < -0.4 is 15.8 Å². The van der Waals surface area contributed by atoms with Crippen LogP contribution in [-0.2, 0) is 14.8 Å². The van der Waals surface area contributed by atoms with E-state index < -0.39 is 10.0 Å². The molecule has 1 amide bonds. The average molecular weight is 309 g/mol. The van der Waals surface area contributed by atoms with Crippen molar-refractivity contribution in [3.63, 3.8) is 0 Å². The van der Waals surface area contributed by atoms with Crippen molar-refractivity contribution in [1.29, 1.82) is 0 Å². The zero-order valence-electron chi connectivity index (χ0n) is 12.1. The highest BCUT2D eigenvalue weighted by Crippen LogP contribution is 2.16. The standard InChI is InChI=1S/C14H19N3O3S/c1-11-5-6-13(4-3-7-15)10-14(11)21(19,20)17-9-8-16-12(2)18/h5-6,10,17H,7-9,15H2,1-2H3,(H,16,18). The molecule has 6 nitrogen and oxygen atoms in total. The van der Waals surface area contributed by atoms with Gasteiger partial charge in [0.1, 0.15) is 0 Å². The Labute approximate surface area is 125 Å². The molecule has 0 aromatic heterocycles. The number of aryl methyl sites for hydroxylation is 1. The molecule has 114 valence electrons. The highest BCUT2D eigenvalue weighted by Gasteiger charge is 2.16. The number of amides is 1. The summed E-state index contributed by atoms with van der Waals surface area (Å²) in [6, 6.07) is 4.95. The number of sulfonamides is 1. The lowest BCUT2D eigenvalue weighted by molar-refractivity contribution is -0.118. The molecule has 0 aliphatic carbocycles. The van der Waals surface area contributed by atoms with Crippen molar-refractivity contribution in [3.05, 3.63) is 29.3 Å². The minimum atomic E-state index is -3.64. The molecule has 0 aliphatic heterocycles. The summed E-state index contributed by atoms with van der Waals surface area (Å²) in [6.07, 6.45) is 0. The van der Waals surface area contributed by atoms with Gasteiger partial charge in [0.2, 0.25) is 15.9 Å². The lowest BCUT2D eigenvalue weighted by atomic mass is 10.1. The van der Waals surface area contributed by atoms with Gasteiger partial charge in [0, 0.05) is 25.6 Å². The first kappa shape index (κ1) is 17.2. The molecule has 0 saturated carbocycles. The van der Waals surface area contributed by atoms with Crippen molar-refractivity contribution < 1.29 is 13.2 Å². The van der Waals surface area contributed by atoms with E-state index in [1.165, 1.54) is 13.0 Å². The molecule has 1 rings (SSSR count). The second-order valence-corrected chi connectivity index (χ2v) is 6.10. The van der Waals surface area contributed by atoms with Gasteiger partial charge in [0.05, 0.1) is 11.4 Å². The van der Waals surface area contributed by atoms with Crippen LogP contribution in [0.1, 0.15) is 18.1 Å². The van der Waals surface area contributed by atoms with Crippen LogP contribution >= 0.6 is 0 Å². The first-order valence-corrected chi connectivity index (χ1v) is 7.89. The summed E-state index contributed by atoms with van der Waals surface area (Å²) in [5, 5.41) is 2.52. The van der Waals surface area contributed by atoms with E-state index in [1.54, 1.807) is 19.1 Å². The number of hydrogen-bond donors (Lipinski definition) is 3. The highest BCUT2D eigenvalue weighted by molar-refractivity contribution is 7.89. The van der Waals surface area contributed by atoms with Crippen molar-refractivity contribution in [2.24, 2.45) is 5.73 Å². The van der Waals surface area contributed by atoms with Gasteiger partial charge in [0.25, 0.3) is 0 Å². The van der Waals surface area contributed by atoms with Gasteiger partial charge in [-0.05, 0) is 24.6 Å². The van der Waals surface area contributed by atoms with E-state index in [0.29, 0.717) is 11.1 Å². The number of carbonyl (C=O) groups excluding carboxylic acids is 1. The number of rotatable bonds is 5. The molecule has 0 aliphatic rings. The Bertz CT molecular complexity index is 672. The van der Waals surface area contributed by atoms with Gasteiger partial charge in [-0.1, -0.05) is 17.9 Å². The minimum Gasteiger partial charge on any atom is -0.355 e. The SMILES string of the molecule is CC(=O)NCCNS(=O)(=O)c1cc(C#CCN)ccc1C. The lowest BCUT2D eigenvalue weighted by Gasteiger charge is -2.10. The molecule has 0 unspecified atom stereocenters. The van der Waals surface area contributed by atoms with Crippen LogP contribution in [0.3, 0.4) is 0 Å². The number of nitrogens with one attached hydrogen (secondary N) is 2. The Morgan fingerprint density at radius 1 is 1.33 bits per heavy atom. The first-order valence-electron chi connectivity index (χ1n) is 6.40. The predicted octanol–water partition coefficient (Wildman–Crippen LogP) is -0.280. The Hall–Kier alpha value is -1.88. The second kappa shape index (κ2) is 7.78.